The van der Waals surface area contributed by atoms with Crippen molar-refractivity contribution in [1.82, 2.24) is 0 Å². The van der Waals surface area contributed by atoms with Crippen LogP contribution < -0.4 is 15.5 Å². The molecule has 0 aliphatic carbocycles. The van der Waals surface area contributed by atoms with Crippen molar-refractivity contribution < 1.29 is 10.1 Å². The van der Waals surface area contributed by atoms with Crippen molar-refractivity contribution in [2.75, 3.05) is 36.0 Å². The molecule has 2 aromatic rings. The minimum Gasteiger partial charge on any atom is -0.409 e. The van der Waals surface area contributed by atoms with Crippen LogP contribution in [0.2, 0.25) is 0 Å². The molecule has 130 valence electrons. The first-order valence-corrected chi connectivity index (χ1v) is 7.91. The molecule has 25 heavy (non-hydrogen) atoms. The molecule has 0 amide bonds. The highest BCUT2D eigenvalue weighted by atomic mass is 16.6. The Morgan fingerprint density at radius 3 is 2.32 bits per heavy atom. The predicted molar refractivity (Wildman–Crippen MR) is 96.5 cm³/mol. The highest BCUT2D eigenvalue weighted by Crippen LogP contribution is 2.30. The first-order chi connectivity index (χ1) is 12.1. The van der Waals surface area contributed by atoms with Crippen molar-refractivity contribution >= 4 is 22.9 Å². The van der Waals surface area contributed by atoms with Crippen LogP contribution in [0.1, 0.15) is 5.56 Å². The molecule has 8 nitrogen and oxygen atoms in total. The van der Waals surface area contributed by atoms with Crippen molar-refractivity contribution in [3.8, 4) is 0 Å². The molecule has 3 rings (SSSR count). The summed E-state index contributed by atoms with van der Waals surface area (Å²) in [6.45, 7) is 2.81. The van der Waals surface area contributed by atoms with Crippen LogP contribution in [-0.4, -0.2) is 42.1 Å². The maximum atomic E-state index is 11.4. The van der Waals surface area contributed by atoms with Crippen molar-refractivity contribution in [3.63, 3.8) is 0 Å². The number of anilines is 2. The molecule has 0 bridgehead atoms. The predicted octanol–water partition coefficient (Wildman–Crippen LogP) is 2.02. The van der Waals surface area contributed by atoms with Crippen molar-refractivity contribution in [2.45, 2.75) is 0 Å². The fraction of sp³-hybridized carbons (Fsp3) is 0.235. The second-order valence-corrected chi connectivity index (χ2v) is 5.76. The lowest BCUT2D eigenvalue weighted by atomic mass is 10.1. The number of hydrogen-bond acceptors (Lipinski definition) is 6. The fourth-order valence-electron chi connectivity index (χ4n) is 2.99. The largest absolute Gasteiger partial charge is 0.409 e. The van der Waals surface area contributed by atoms with Crippen LogP contribution in [0.25, 0.3) is 0 Å². The molecular weight excluding hydrogens is 322 g/mol. The van der Waals surface area contributed by atoms with Gasteiger partial charge in [0.25, 0.3) is 5.69 Å². The van der Waals surface area contributed by atoms with Crippen LogP contribution in [0, 0.1) is 10.1 Å². The first kappa shape index (κ1) is 16.6. The SMILES string of the molecule is NC(=NO)c1ccc([N+](=O)[O-])c(N2CCN(c3ccccc3)CC2)c1. The van der Waals surface area contributed by atoms with Gasteiger partial charge in [-0.05, 0) is 24.3 Å². The highest BCUT2D eigenvalue weighted by Gasteiger charge is 2.24. The normalized spacial score (nSPS) is 15.3. The lowest BCUT2D eigenvalue weighted by molar-refractivity contribution is -0.384. The molecule has 2 aromatic carbocycles. The molecule has 0 saturated carbocycles. The van der Waals surface area contributed by atoms with Gasteiger partial charge in [-0.1, -0.05) is 23.4 Å². The Morgan fingerprint density at radius 1 is 1.08 bits per heavy atom. The Hall–Kier alpha value is -3.29. The summed E-state index contributed by atoms with van der Waals surface area (Å²) in [6, 6.07) is 14.5. The molecule has 3 N–H and O–H groups in total. The van der Waals surface area contributed by atoms with Gasteiger partial charge in [-0.15, -0.1) is 0 Å². The molecular formula is C17H19N5O3. The van der Waals surface area contributed by atoms with E-state index in [0.29, 0.717) is 24.3 Å². The summed E-state index contributed by atoms with van der Waals surface area (Å²) < 4.78 is 0. The number of oxime groups is 1. The summed E-state index contributed by atoms with van der Waals surface area (Å²) in [5.74, 6) is -0.0703. The summed E-state index contributed by atoms with van der Waals surface area (Å²) in [6.07, 6.45) is 0. The summed E-state index contributed by atoms with van der Waals surface area (Å²) in [5.41, 5.74) is 7.72. The number of hydrogen-bond donors (Lipinski definition) is 2. The van der Waals surface area contributed by atoms with Gasteiger partial charge >= 0.3 is 0 Å². The van der Waals surface area contributed by atoms with Gasteiger partial charge in [0.15, 0.2) is 5.84 Å². The van der Waals surface area contributed by atoms with E-state index in [1.54, 1.807) is 6.07 Å². The third kappa shape index (κ3) is 3.47. The summed E-state index contributed by atoms with van der Waals surface area (Å²) >= 11 is 0. The van der Waals surface area contributed by atoms with E-state index in [2.05, 4.69) is 22.2 Å². The monoisotopic (exact) mass is 341 g/mol. The average molecular weight is 341 g/mol. The maximum Gasteiger partial charge on any atom is 0.292 e. The third-order valence-corrected chi connectivity index (χ3v) is 4.32. The van der Waals surface area contributed by atoms with Gasteiger partial charge in [-0.25, -0.2) is 0 Å². The second kappa shape index (κ2) is 7.08. The molecule has 0 spiro atoms. The van der Waals surface area contributed by atoms with E-state index in [-0.39, 0.29) is 11.5 Å². The Morgan fingerprint density at radius 2 is 1.72 bits per heavy atom. The standard InChI is InChI=1S/C17H19N5O3/c18-17(19-23)13-6-7-15(22(24)25)16(12-13)21-10-8-20(9-11-21)14-4-2-1-3-5-14/h1-7,12,23H,8-11H2,(H2,18,19). The van der Waals surface area contributed by atoms with Crippen molar-refractivity contribution in [3.05, 3.63) is 64.2 Å². The fourth-order valence-corrected chi connectivity index (χ4v) is 2.99. The second-order valence-electron chi connectivity index (χ2n) is 5.76. The number of nitrogens with zero attached hydrogens (tertiary/aromatic N) is 4. The van der Waals surface area contributed by atoms with Crippen LogP contribution in [0.15, 0.2) is 53.7 Å². The topological polar surface area (TPSA) is 108 Å². The van der Waals surface area contributed by atoms with Gasteiger partial charge < -0.3 is 20.7 Å². The van der Waals surface area contributed by atoms with E-state index in [1.807, 2.05) is 23.1 Å². The summed E-state index contributed by atoms with van der Waals surface area (Å²) in [5, 5.41) is 23.2. The minimum atomic E-state index is -0.408. The van der Waals surface area contributed by atoms with Crippen molar-refractivity contribution in [1.29, 1.82) is 0 Å². The van der Waals surface area contributed by atoms with Crippen LogP contribution in [0.5, 0.6) is 0 Å². The van der Waals surface area contributed by atoms with Gasteiger partial charge in [0.2, 0.25) is 0 Å². The first-order valence-electron chi connectivity index (χ1n) is 7.91. The van der Waals surface area contributed by atoms with Crippen molar-refractivity contribution in [2.24, 2.45) is 10.9 Å². The number of amidine groups is 1. The molecule has 1 aliphatic rings. The molecule has 0 unspecified atom stereocenters. The zero-order valence-electron chi connectivity index (χ0n) is 13.6. The smallest absolute Gasteiger partial charge is 0.292 e. The molecule has 8 heteroatoms. The van der Waals surface area contributed by atoms with E-state index < -0.39 is 4.92 Å². The molecule has 0 atom stereocenters. The van der Waals surface area contributed by atoms with Crippen LogP contribution in [-0.2, 0) is 0 Å². The zero-order valence-corrected chi connectivity index (χ0v) is 13.6. The Kier molecular flexibility index (Phi) is 4.69. The molecule has 0 radical (unpaired) electrons. The van der Waals surface area contributed by atoms with E-state index in [1.165, 1.54) is 12.1 Å². The van der Waals surface area contributed by atoms with E-state index in [4.69, 9.17) is 10.9 Å². The number of benzene rings is 2. The number of para-hydroxylation sites is 1. The molecule has 0 aromatic heterocycles. The summed E-state index contributed by atoms with van der Waals surface area (Å²) in [7, 11) is 0. The molecule has 1 aliphatic heterocycles. The quantitative estimate of drug-likeness (QED) is 0.289. The lowest BCUT2D eigenvalue weighted by Crippen LogP contribution is -2.46. The third-order valence-electron chi connectivity index (χ3n) is 4.32. The molecule has 1 heterocycles. The van der Waals surface area contributed by atoms with Crippen LogP contribution >= 0.6 is 0 Å². The van der Waals surface area contributed by atoms with Gasteiger partial charge in [0.05, 0.1) is 4.92 Å². The van der Waals surface area contributed by atoms with Crippen LogP contribution in [0.3, 0.4) is 0 Å². The Bertz CT molecular complexity index is 786. The van der Waals surface area contributed by atoms with E-state index >= 15 is 0 Å². The number of rotatable bonds is 4. The average Bonchev–Trinajstić information content (AvgIpc) is 2.67. The molecule has 1 fully saturated rings. The van der Waals surface area contributed by atoms with E-state index in [9.17, 15) is 10.1 Å². The minimum absolute atomic E-state index is 0.0163. The van der Waals surface area contributed by atoms with Crippen LogP contribution in [0.4, 0.5) is 17.1 Å². The Balaban J connectivity index is 1.83. The number of nitrogens with two attached hydrogens (primary N) is 1. The number of nitro benzene ring substituents is 1. The Labute approximate surface area is 144 Å². The van der Waals surface area contributed by atoms with Gasteiger partial charge in [0, 0.05) is 43.5 Å². The zero-order chi connectivity index (χ0) is 17.8. The number of nitro groups is 1. The molecule has 1 saturated heterocycles. The summed E-state index contributed by atoms with van der Waals surface area (Å²) in [4.78, 5) is 15.2. The number of piperazine rings is 1. The maximum absolute atomic E-state index is 11.4. The van der Waals surface area contributed by atoms with Gasteiger partial charge in [0.1, 0.15) is 5.69 Å². The lowest BCUT2D eigenvalue weighted by Gasteiger charge is -2.37. The van der Waals surface area contributed by atoms with Gasteiger partial charge in [-0.2, -0.15) is 0 Å². The van der Waals surface area contributed by atoms with E-state index in [0.717, 1.165) is 18.8 Å². The van der Waals surface area contributed by atoms with Gasteiger partial charge in [-0.3, -0.25) is 10.1 Å². The highest BCUT2D eigenvalue weighted by molar-refractivity contribution is 5.98.